The molecule has 0 amide bonds. The molecule has 0 aliphatic carbocycles. The average Bonchev–Trinajstić information content (AvgIpc) is 2.36. The smallest absolute Gasteiger partial charge is 0.198 e. The Kier molecular flexibility index (Phi) is 11.4. The lowest BCUT2D eigenvalue weighted by atomic mass is 10.2. The first-order chi connectivity index (χ1) is 9.83. The Morgan fingerprint density at radius 1 is 0.571 bits per heavy atom. The average molecular weight is 343 g/mol. The second kappa shape index (κ2) is 11.4. The fourth-order valence-corrected chi connectivity index (χ4v) is 4.91. The lowest BCUT2D eigenvalue weighted by Gasteiger charge is -2.06. The Morgan fingerprint density at radius 3 is 1.24 bits per heavy atom. The van der Waals surface area contributed by atoms with E-state index in [-0.39, 0.29) is 11.5 Å². The molecule has 0 aliphatic heterocycles. The van der Waals surface area contributed by atoms with E-state index in [0.29, 0.717) is 12.8 Å². The summed E-state index contributed by atoms with van der Waals surface area (Å²) in [6.07, 6.45) is 8.70. The monoisotopic (exact) mass is 342 g/mol. The molecule has 0 bridgehead atoms. The van der Waals surface area contributed by atoms with Gasteiger partial charge in [-0.15, -0.1) is 3.63 Å². The first-order valence-electron chi connectivity index (χ1n) is 7.99. The summed E-state index contributed by atoms with van der Waals surface area (Å²) < 4.78 is 50.8. The molecule has 0 rings (SSSR count). The van der Waals surface area contributed by atoms with Gasteiger partial charge in [-0.25, -0.2) is 0 Å². The SMILES string of the molecule is CCCCCCCS(=O)(=O)OS(=O)(=O)CCCCCCC. The molecule has 128 valence electrons. The highest BCUT2D eigenvalue weighted by molar-refractivity contribution is 7.99. The molecule has 0 atom stereocenters. The number of hydrogen-bond donors (Lipinski definition) is 0. The van der Waals surface area contributed by atoms with Gasteiger partial charge in [-0.2, -0.15) is 16.8 Å². The molecule has 0 aromatic carbocycles. The standard InChI is InChI=1S/C14H30O5S2/c1-3-5-7-9-11-13-20(15,16)19-21(17,18)14-12-10-8-6-4-2/h3-14H2,1-2H3. The van der Waals surface area contributed by atoms with Crippen molar-refractivity contribution >= 4 is 20.2 Å². The van der Waals surface area contributed by atoms with Gasteiger partial charge in [-0.1, -0.05) is 65.2 Å². The van der Waals surface area contributed by atoms with Crippen molar-refractivity contribution in [2.45, 2.75) is 78.1 Å². The summed E-state index contributed by atoms with van der Waals surface area (Å²) in [5.74, 6) is -0.433. The van der Waals surface area contributed by atoms with Gasteiger partial charge in [-0.05, 0) is 12.8 Å². The van der Waals surface area contributed by atoms with Crippen molar-refractivity contribution in [2.75, 3.05) is 11.5 Å². The summed E-state index contributed by atoms with van der Waals surface area (Å²) in [6.45, 7) is 4.15. The second-order valence-corrected chi connectivity index (χ2v) is 9.01. The summed E-state index contributed by atoms with van der Waals surface area (Å²) in [5, 5.41) is 0. The van der Waals surface area contributed by atoms with Gasteiger partial charge < -0.3 is 0 Å². The number of unbranched alkanes of at least 4 members (excludes halogenated alkanes) is 8. The number of hydrogen-bond acceptors (Lipinski definition) is 5. The van der Waals surface area contributed by atoms with E-state index in [2.05, 4.69) is 17.5 Å². The quantitative estimate of drug-likeness (QED) is 0.451. The van der Waals surface area contributed by atoms with Crippen LogP contribution in [0.4, 0.5) is 0 Å². The van der Waals surface area contributed by atoms with Crippen LogP contribution in [0.2, 0.25) is 0 Å². The van der Waals surface area contributed by atoms with Crippen LogP contribution in [0.3, 0.4) is 0 Å². The van der Waals surface area contributed by atoms with Crippen molar-refractivity contribution in [3.05, 3.63) is 0 Å². The van der Waals surface area contributed by atoms with E-state index in [4.69, 9.17) is 0 Å². The topological polar surface area (TPSA) is 77.5 Å². The van der Waals surface area contributed by atoms with Gasteiger partial charge in [0.15, 0.2) is 0 Å². The van der Waals surface area contributed by atoms with Gasteiger partial charge in [0.2, 0.25) is 0 Å². The minimum atomic E-state index is -3.96. The Morgan fingerprint density at radius 2 is 0.905 bits per heavy atom. The van der Waals surface area contributed by atoms with Crippen LogP contribution in [-0.4, -0.2) is 28.3 Å². The van der Waals surface area contributed by atoms with E-state index >= 15 is 0 Å². The van der Waals surface area contributed by atoms with E-state index in [1.54, 1.807) is 0 Å². The maximum absolute atomic E-state index is 11.6. The largest absolute Gasteiger partial charge is 0.281 e. The van der Waals surface area contributed by atoms with E-state index in [0.717, 1.165) is 51.4 Å². The third-order valence-corrected chi connectivity index (χ3v) is 6.44. The zero-order valence-corrected chi connectivity index (χ0v) is 15.0. The molecule has 0 N–H and O–H groups in total. The zero-order valence-electron chi connectivity index (χ0n) is 13.3. The fraction of sp³-hybridized carbons (Fsp3) is 1.00. The van der Waals surface area contributed by atoms with E-state index in [9.17, 15) is 16.8 Å². The van der Waals surface area contributed by atoms with Crippen molar-refractivity contribution in [3.63, 3.8) is 0 Å². The van der Waals surface area contributed by atoms with Crippen LogP contribution in [0.15, 0.2) is 0 Å². The summed E-state index contributed by atoms with van der Waals surface area (Å²) in [4.78, 5) is 0. The molecule has 0 aromatic rings. The Hall–Kier alpha value is -0.140. The third-order valence-electron chi connectivity index (χ3n) is 3.20. The molecule has 0 unspecified atom stereocenters. The Bertz CT molecular complexity index is 398. The highest BCUT2D eigenvalue weighted by atomic mass is 32.3. The fourth-order valence-electron chi connectivity index (χ4n) is 1.99. The van der Waals surface area contributed by atoms with Gasteiger partial charge in [-0.3, -0.25) is 0 Å². The Balaban J connectivity index is 4.00. The zero-order chi connectivity index (χ0) is 16.2. The van der Waals surface area contributed by atoms with Crippen LogP contribution in [0.25, 0.3) is 0 Å². The van der Waals surface area contributed by atoms with Gasteiger partial charge in [0, 0.05) is 0 Å². The lowest BCUT2D eigenvalue weighted by molar-refractivity contribution is 0.457. The molecule has 0 saturated carbocycles. The molecule has 0 aliphatic rings. The molecule has 21 heavy (non-hydrogen) atoms. The summed E-state index contributed by atoms with van der Waals surface area (Å²) in [7, 11) is -7.92. The van der Waals surface area contributed by atoms with Crippen LogP contribution in [0.1, 0.15) is 78.1 Å². The van der Waals surface area contributed by atoms with E-state index in [1.807, 2.05) is 0 Å². The van der Waals surface area contributed by atoms with Crippen LogP contribution in [0.5, 0.6) is 0 Å². The minimum absolute atomic E-state index is 0.216. The molecular weight excluding hydrogens is 312 g/mol. The molecule has 0 saturated heterocycles. The molecule has 0 fully saturated rings. The van der Waals surface area contributed by atoms with Crippen molar-refractivity contribution in [1.82, 2.24) is 0 Å². The van der Waals surface area contributed by atoms with Crippen molar-refractivity contribution in [2.24, 2.45) is 0 Å². The van der Waals surface area contributed by atoms with Gasteiger partial charge in [0.25, 0.3) is 20.2 Å². The Labute approximate surface area is 130 Å². The van der Waals surface area contributed by atoms with Gasteiger partial charge >= 0.3 is 0 Å². The maximum Gasteiger partial charge on any atom is 0.281 e. The van der Waals surface area contributed by atoms with Crippen molar-refractivity contribution in [3.8, 4) is 0 Å². The van der Waals surface area contributed by atoms with E-state index in [1.165, 1.54) is 0 Å². The predicted molar refractivity (Wildman–Crippen MR) is 86.2 cm³/mol. The van der Waals surface area contributed by atoms with Crippen LogP contribution in [0, 0.1) is 0 Å². The van der Waals surface area contributed by atoms with Crippen molar-refractivity contribution < 1.29 is 20.5 Å². The van der Waals surface area contributed by atoms with Crippen molar-refractivity contribution in [1.29, 1.82) is 0 Å². The highest BCUT2D eigenvalue weighted by Gasteiger charge is 2.21. The van der Waals surface area contributed by atoms with Crippen LogP contribution < -0.4 is 0 Å². The first-order valence-corrected chi connectivity index (χ1v) is 11.1. The first kappa shape index (κ1) is 20.9. The molecule has 7 heteroatoms. The highest BCUT2D eigenvalue weighted by Crippen LogP contribution is 2.11. The van der Waals surface area contributed by atoms with Crippen LogP contribution in [-0.2, 0) is 23.9 Å². The predicted octanol–water partition coefficient (Wildman–Crippen LogP) is 3.60. The normalized spacial score (nSPS) is 12.7. The molecule has 0 aromatic heterocycles. The maximum atomic E-state index is 11.6. The lowest BCUT2D eigenvalue weighted by Crippen LogP contribution is -2.19. The second-order valence-electron chi connectivity index (χ2n) is 5.42. The minimum Gasteiger partial charge on any atom is -0.198 e. The third kappa shape index (κ3) is 13.3. The molecular formula is C14H30O5S2. The molecule has 0 radical (unpaired) electrons. The summed E-state index contributed by atoms with van der Waals surface area (Å²) in [6, 6.07) is 0. The van der Waals surface area contributed by atoms with Gasteiger partial charge in [0.05, 0.1) is 11.5 Å². The van der Waals surface area contributed by atoms with E-state index < -0.39 is 20.2 Å². The van der Waals surface area contributed by atoms with Crippen LogP contribution >= 0.6 is 0 Å². The molecule has 0 spiro atoms. The summed E-state index contributed by atoms with van der Waals surface area (Å²) >= 11 is 0. The molecule has 5 nitrogen and oxygen atoms in total. The summed E-state index contributed by atoms with van der Waals surface area (Å²) in [5.41, 5.74) is 0. The number of rotatable bonds is 14. The van der Waals surface area contributed by atoms with Gasteiger partial charge in [0.1, 0.15) is 0 Å². The molecule has 0 heterocycles.